The van der Waals surface area contributed by atoms with Gasteiger partial charge >= 0.3 is 0 Å². The van der Waals surface area contributed by atoms with E-state index >= 15 is 0 Å². The number of hydrogen-bond acceptors (Lipinski definition) is 3. The van der Waals surface area contributed by atoms with Gasteiger partial charge in [0.15, 0.2) is 0 Å². The molecule has 32 heavy (non-hydrogen) atoms. The third kappa shape index (κ3) is 5.16. The molecule has 0 saturated heterocycles. The number of pyridine rings is 1. The van der Waals surface area contributed by atoms with Gasteiger partial charge in [-0.15, -0.1) is 0 Å². The van der Waals surface area contributed by atoms with Gasteiger partial charge in [-0.25, -0.2) is 4.98 Å². The first-order valence-corrected chi connectivity index (χ1v) is 11.6. The first kappa shape index (κ1) is 22.0. The molecule has 2 heterocycles. The third-order valence-corrected chi connectivity index (χ3v) is 6.19. The molecule has 0 bridgehead atoms. The lowest BCUT2D eigenvalue weighted by Gasteiger charge is -2.27. The second kappa shape index (κ2) is 10.4. The molecule has 5 nitrogen and oxygen atoms in total. The van der Waals surface area contributed by atoms with E-state index in [0.29, 0.717) is 25.3 Å². The number of rotatable bonds is 1. The van der Waals surface area contributed by atoms with Crippen LogP contribution in [0, 0.1) is 0 Å². The fourth-order valence-electron chi connectivity index (χ4n) is 4.44. The van der Waals surface area contributed by atoms with Gasteiger partial charge in [-0.1, -0.05) is 68.1 Å². The monoisotopic (exact) mass is 429 g/mol. The molecule has 0 fully saturated rings. The normalized spacial score (nSPS) is 15.9. The maximum atomic E-state index is 13.5. The Bertz CT molecular complexity index is 1090. The third-order valence-electron chi connectivity index (χ3n) is 6.19. The number of fused-ring (bicyclic) bond motifs is 2. The summed E-state index contributed by atoms with van der Waals surface area (Å²) < 4.78 is 0. The molecule has 0 radical (unpaired) electrons. The van der Waals surface area contributed by atoms with Crippen molar-refractivity contribution in [1.82, 2.24) is 9.88 Å². The Kier molecular flexibility index (Phi) is 7.15. The largest absolute Gasteiger partial charge is 0.333 e. The van der Waals surface area contributed by atoms with Gasteiger partial charge in [-0.2, -0.15) is 0 Å². The number of carbonyl (C=O) groups excluding carboxylic acids is 2. The minimum atomic E-state index is -0.0604. The van der Waals surface area contributed by atoms with Crippen molar-refractivity contribution in [3.63, 3.8) is 0 Å². The van der Waals surface area contributed by atoms with Crippen LogP contribution in [-0.2, 0) is 11.3 Å². The average molecular weight is 430 g/mol. The number of para-hydroxylation sites is 2. The van der Waals surface area contributed by atoms with E-state index in [1.807, 2.05) is 70.5 Å². The summed E-state index contributed by atoms with van der Waals surface area (Å²) in [6, 6.07) is 19.6. The minimum absolute atomic E-state index is 0.0430. The van der Waals surface area contributed by atoms with Crippen molar-refractivity contribution in [3.05, 3.63) is 71.9 Å². The van der Waals surface area contributed by atoms with Gasteiger partial charge in [0.1, 0.15) is 5.69 Å². The van der Waals surface area contributed by atoms with Crippen LogP contribution in [0.5, 0.6) is 0 Å². The van der Waals surface area contributed by atoms with Gasteiger partial charge in [-0.05, 0) is 36.6 Å². The van der Waals surface area contributed by atoms with Crippen molar-refractivity contribution >= 4 is 28.4 Å². The molecule has 2 amide bonds. The summed E-state index contributed by atoms with van der Waals surface area (Å²) in [5, 5.41) is 1.02. The Morgan fingerprint density at radius 1 is 0.781 bits per heavy atom. The highest BCUT2D eigenvalue weighted by Crippen LogP contribution is 2.25. The van der Waals surface area contributed by atoms with Crippen LogP contribution >= 0.6 is 0 Å². The molecule has 1 aliphatic heterocycles. The van der Waals surface area contributed by atoms with Crippen LogP contribution in [0.2, 0.25) is 0 Å². The Labute approximate surface area is 190 Å². The number of aromatic nitrogens is 1. The van der Waals surface area contributed by atoms with Crippen LogP contribution in [-0.4, -0.2) is 34.8 Å². The predicted octanol–water partition coefficient (Wildman–Crippen LogP) is 5.58. The van der Waals surface area contributed by atoms with Crippen molar-refractivity contribution in [3.8, 4) is 0 Å². The fourth-order valence-corrected chi connectivity index (χ4v) is 4.44. The lowest BCUT2D eigenvalue weighted by Crippen LogP contribution is -2.34. The molecule has 0 aliphatic carbocycles. The van der Waals surface area contributed by atoms with E-state index in [0.717, 1.165) is 60.7 Å². The summed E-state index contributed by atoms with van der Waals surface area (Å²) in [5.74, 6) is -0.0174. The molecule has 3 aromatic rings. The maximum Gasteiger partial charge on any atom is 0.272 e. The minimum Gasteiger partial charge on any atom is -0.333 e. The zero-order chi connectivity index (χ0) is 22.3. The van der Waals surface area contributed by atoms with Crippen LogP contribution in [0.15, 0.2) is 60.7 Å². The molecule has 0 N–H and O–H groups in total. The molecule has 0 saturated carbocycles. The molecule has 1 aromatic heterocycles. The summed E-state index contributed by atoms with van der Waals surface area (Å²) in [6.45, 7) is 3.48. The zero-order valence-corrected chi connectivity index (χ0v) is 18.8. The molecule has 0 atom stereocenters. The Balaban J connectivity index is 1.67. The van der Waals surface area contributed by atoms with Gasteiger partial charge in [0.2, 0.25) is 5.91 Å². The number of carbonyl (C=O) groups is 2. The van der Waals surface area contributed by atoms with E-state index in [4.69, 9.17) is 0 Å². The van der Waals surface area contributed by atoms with Crippen molar-refractivity contribution < 1.29 is 9.59 Å². The van der Waals surface area contributed by atoms with E-state index in [-0.39, 0.29) is 11.8 Å². The SMILES string of the molecule is CC(=O)N1CCCCCCCCN(C(=O)c2ccc3ccccc3n2)Cc2ccccc21. The van der Waals surface area contributed by atoms with Crippen molar-refractivity contribution in [2.45, 2.75) is 52.0 Å². The van der Waals surface area contributed by atoms with Gasteiger partial charge in [0.25, 0.3) is 5.91 Å². The van der Waals surface area contributed by atoms with E-state index in [9.17, 15) is 9.59 Å². The van der Waals surface area contributed by atoms with Crippen molar-refractivity contribution in [1.29, 1.82) is 0 Å². The van der Waals surface area contributed by atoms with Crippen molar-refractivity contribution in [2.24, 2.45) is 0 Å². The summed E-state index contributed by atoms with van der Waals surface area (Å²) in [7, 11) is 0. The van der Waals surface area contributed by atoms with Crippen molar-refractivity contribution in [2.75, 3.05) is 18.0 Å². The Morgan fingerprint density at radius 2 is 1.47 bits per heavy atom. The summed E-state index contributed by atoms with van der Waals surface area (Å²) in [6.07, 6.45) is 6.51. The Morgan fingerprint density at radius 3 is 2.28 bits per heavy atom. The maximum absolute atomic E-state index is 13.5. The standard InChI is InChI=1S/C27H31N3O2/c1-21(31)30-19-11-5-3-2-4-10-18-29(20-23-13-7-9-15-26(23)30)27(32)25-17-16-22-12-6-8-14-24(22)28-25/h6-9,12-17H,2-5,10-11,18-20H2,1H3. The topological polar surface area (TPSA) is 53.5 Å². The highest BCUT2D eigenvalue weighted by atomic mass is 16.2. The lowest BCUT2D eigenvalue weighted by molar-refractivity contribution is -0.116. The van der Waals surface area contributed by atoms with Gasteiger partial charge in [0, 0.05) is 37.6 Å². The van der Waals surface area contributed by atoms with Gasteiger partial charge in [-0.3, -0.25) is 9.59 Å². The predicted molar refractivity (Wildman–Crippen MR) is 129 cm³/mol. The molecule has 0 unspecified atom stereocenters. The molecule has 4 rings (SSSR count). The second-order valence-corrected chi connectivity index (χ2v) is 8.54. The summed E-state index contributed by atoms with van der Waals surface area (Å²) >= 11 is 0. The molecule has 1 aliphatic rings. The van der Waals surface area contributed by atoms with Crippen LogP contribution in [0.25, 0.3) is 10.9 Å². The second-order valence-electron chi connectivity index (χ2n) is 8.54. The molecule has 166 valence electrons. The zero-order valence-electron chi connectivity index (χ0n) is 18.8. The van der Waals surface area contributed by atoms with E-state index in [1.165, 1.54) is 0 Å². The Hall–Kier alpha value is -3.21. The lowest BCUT2D eigenvalue weighted by atomic mass is 10.1. The van der Waals surface area contributed by atoms with Gasteiger partial charge in [0.05, 0.1) is 5.52 Å². The van der Waals surface area contributed by atoms with E-state index < -0.39 is 0 Å². The highest BCUT2D eigenvalue weighted by molar-refractivity contribution is 5.95. The van der Waals surface area contributed by atoms with Crippen LogP contribution in [0.4, 0.5) is 5.69 Å². The smallest absolute Gasteiger partial charge is 0.272 e. The van der Waals surface area contributed by atoms with Crippen LogP contribution < -0.4 is 4.90 Å². The number of nitrogens with zero attached hydrogens (tertiary/aromatic N) is 3. The summed E-state index contributed by atoms with van der Waals surface area (Å²) in [4.78, 5) is 34.4. The summed E-state index contributed by atoms with van der Waals surface area (Å²) in [5.41, 5.74) is 3.20. The molecule has 5 heteroatoms. The van der Waals surface area contributed by atoms with Gasteiger partial charge < -0.3 is 9.80 Å². The fraction of sp³-hybridized carbons (Fsp3) is 0.370. The van der Waals surface area contributed by atoms with E-state index in [1.54, 1.807) is 6.92 Å². The first-order valence-electron chi connectivity index (χ1n) is 11.6. The number of benzene rings is 2. The molecule has 0 spiro atoms. The number of hydrogen-bond donors (Lipinski definition) is 0. The quantitative estimate of drug-likeness (QED) is 0.507. The highest BCUT2D eigenvalue weighted by Gasteiger charge is 2.22. The molecular weight excluding hydrogens is 398 g/mol. The number of anilines is 1. The van der Waals surface area contributed by atoms with Crippen LogP contribution in [0.1, 0.15) is 61.5 Å². The number of amides is 2. The molecule has 2 aromatic carbocycles. The van der Waals surface area contributed by atoms with E-state index in [2.05, 4.69) is 4.98 Å². The average Bonchev–Trinajstić information content (AvgIpc) is 2.83. The molecular formula is C27H31N3O2. The first-order chi connectivity index (χ1) is 15.6. The van der Waals surface area contributed by atoms with Crippen LogP contribution in [0.3, 0.4) is 0 Å².